The molecule has 122 valence electrons. The Morgan fingerprint density at radius 1 is 1.13 bits per heavy atom. The monoisotopic (exact) mass is 332 g/mol. The van der Waals surface area contributed by atoms with E-state index in [0.717, 1.165) is 11.3 Å². The van der Waals surface area contributed by atoms with Crippen LogP contribution in [0.25, 0.3) is 0 Å². The first kappa shape index (κ1) is 16.9. The molecule has 0 heterocycles. The van der Waals surface area contributed by atoms with Crippen molar-refractivity contribution in [1.82, 2.24) is 0 Å². The van der Waals surface area contributed by atoms with Gasteiger partial charge < -0.3 is 10.1 Å². The molecule has 0 saturated heterocycles. The topological polar surface area (TPSA) is 67.4 Å². The largest absolute Gasteiger partial charge is 0.495 e. The maximum Gasteiger partial charge on any atom is 0.265 e. The highest BCUT2D eigenvalue weighted by Gasteiger charge is 2.19. The van der Waals surface area contributed by atoms with Crippen molar-refractivity contribution in [1.29, 1.82) is 0 Å². The molecule has 0 saturated carbocycles. The SMILES string of the molecule is C=CCNc1ccc(NS(=O)(=O)c2cc(C)ccc2OC)cc1. The Morgan fingerprint density at radius 3 is 2.39 bits per heavy atom. The van der Waals surface area contributed by atoms with Gasteiger partial charge in [-0.25, -0.2) is 8.42 Å². The van der Waals surface area contributed by atoms with Crippen molar-refractivity contribution in [3.63, 3.8) is 0 Å². The molecule has 5 nitrogen and oxygen atoms in total. The van der Waals surface area contributed by atoms with Gasteiger partial charge in [0.15, 0.2) is 0 Å². The third kappa shape index (κ3) is 4.26. The molecule has 2 N–H and O–H groups in total. The Kier molecular flexibility index (Phi) is 5.28. The van der Waals surface area contributed by atoms with E-state index in [2.05, 4.69) is 16.6 Å². The molecule has 2 rings (SSSR count). The van der Waals surface area contributed by atoms with Gasteiger partial charge >= 0.3 is 0 Å². The van der Waals surface area contributed by atoms with Crippen molar-refractivity contribution >= 4 is 21.4 Å². The van der Waals surface area contributed by atoms with Gasteiger partial charge in [-0.3, -0.25) is 4.72 Å². The lowest BCUT2D eigenvalue weighted by atomic mass is 10.2. The van der Waals surface area contributed by atoms with Gasteiger partial charge in [-0.05, 0) is 48.9 Å². The highest BCUT2D eigenvalue weighted by molar-refractivity contribution is 7.92. The molecule has 0 atom stereocenters. The first-order valence-electron chi connectivity index (χ1n) is 7.08. The summed E-state index contributed by atoms with van der Waals surface area (Å²) >= 11 is 0. The van der Waals surface area contributed by atoms with E-state index in [1.165, 1.54) is 7.11 Å². The van der Waals surface area contributed by atoms with Crippen LogP contribution in [0.5, 0.6) is 5.75 Å². The van der Waals surface area contributed by atoms with Crippen LogP contribution in [0.1, 0.15) is 5.56 Å². The summed E-state index contributed by atoms with van der Waals surface area (Å²) in [6, 6.07) is 12.0. The number of anilines is 2. The van der Waals surface area contributed by atoms with Gasteiger partial charge in [-0.15, -0.1) is 6.58 Å². The molecule has 23 heavy (non-hydrogen) atoms. The summed E-state index contributed by atoms with van der Waals surface area (Å²) in [5, 5.41) is 3.13. The Labute approximate surface area is 137 Å². The second-order valence-electron chi connectivity index (χ2n) is 5.01. The van der Waals surface area contributed by atoms with Crippen molar-refractivity contribution in [3.05, 3.63) is 60.7 Å². The van der Waals surface area contributed by atoms with E-state index in [-0.39, 0.29) is 4.90 Å². The van der Waals surface area contributed by atoms with Crippen molar-refractivity contribution in [2.75, 3.05) is 23.7 Å². The maximum absolute atomic E-state index is 12.6. The normalized spacial score (nSPS) is 10.9. The molecule has 0 fully saturated rings. The Balaban J connectivity index is 2.24. The van der Waals surface area contributed by atoms with E-state index in [1.54, 1.807) is 48.5 Å². The van der Waals surface area contributed by atoms with Gasteiger partial charge in [-0.1, -0.05) is 12.1 Å². The van der Waals surface area contributed by atoms with Crippen LogP contribution in [0.15, 0.2) is 60.0 Å². The molecule has 0 spiro atoms. The number of rotatable bonds is 7. The van der Waals surface area contributed by atoms with Crippen LogP contribution in [0.2, 0.25) is 0 Å². The van der Waals surface area contributed by atoms with Crippen LogP contribution in [0.4, 0.5) is 11.4 Å². The third-order valence-corrected chi connectivity index (χ3v) is 4.60. The van der Waals surface area contributed by atoms with Gasteiger partial charge in [0.2, 0.25) is 0 Å². The second kappa shape index (κ2) is 7.19. The lowest BCUT2D eigenvalue weighted by Gasteiger charge is -2.13. The lowest BCUT2D eigenvalue weighted by molar-refractivity contribution is 0.402. The minimum Gasteiger partial charge on any atom is -0.495 e. The van der Waals surface area contributed by atoms with E-state index >= 15 is 0 Å². The number of ether oxygens (including phenoxy) is 1. The van der Waals surface area contributed by atoms with Crippen molar-refractivity contribution in [3.8, 4) is 5.75 Å². The minimum atomic E-state index is -3.72. The molecule has 0 aromatic heterocycles. The van der Waals surface area contributed by atoms with Crippen LogP contribution in [-0.2, 0) is 10.0 Å². The Morgan fingerprint density at radius 2 is 1.78 bits per heavy atom. The summed E-state index contributed by atoms with van der Waals surface area (Å²) in [7, 11) is -2.27. The van der Waals surface area contributed by atoms with E-state index in [9.17, 15) is 8.42 Å². The van der Waals surface area contributed by atoms with Gasteiger partial charge in [0, 0.05) is 17.9 Å². The maximum atomic E-state index is 12.6. The van der Waals surface area contributed by atoms with Gasteiger partial charge in [0.25, 0.3) is 10.0 Å². The third-order valence-electron chi connectivity index (χ3n) is 3.20. The molecule has 0 radical (unpaired) electrons. The number of aryl methyl sites for hydroxylation is 1. The zero-order chi connectivity index (χ0) is 16.9. The minimum absolute atomic E-state index is 0.119. The molecule has 2 aromatic rings. The first-order chi connectivity index (χ1) is 11.0. The van der Waals surface area contributed by atoms with E-state index < -0.39 is 10.0 Å². The van der Waals surface area contributed by atoms with E-state index in [1.807, 2.05) is 6.92 Å². The zero-order valence-electron chi connectivity index (χ0n) is 13.2. The average molecular weight is 332 g/mol. The van der Waals surface area contributed by atoms with Gasteiger partial charge in [0.1, 0.15) is 10.6 Å². The van der Waals surface area contributed by atoms with Crippen molar-refractivity contribution < 1.29 is 13.2 Å². The van der Waals surface area contributed by atoms with Crippen LogP contribution in [0.3, 0.4) is 0 Å². The summed E-state index contributed by atoms with van der Waals surface area (Å²) in [5.41, 5.74) is 2.22. The van der Waals surface area contributed by atoms with Crippen LogP contribution >= 0.6 is 0 Å². The lowest BCUT2D eigenvalue weighted by Crippen LogP contribution is -2.14. The highest BCUT2D eigenvalue weighted by Crippen LogP contribution is 2.27. The first-order valence-corrected chi connectivity index (χ1v) is 8.57. The molecule has 0 aliphatic carbocycles. The van der Waals surface area contributed by atoms with Crippen LogP contribution in [0, 0.1) is 6.92 Å². The molecule has 0 aliphatic heterocycles. The quantitative estimate of drug-likeness (QED) is 0.763. The molecular formula is C17H20N2O3S. The fourth-order valence-corrected chi connectivity index (χ4v) is 3.36. The number of methoxy groups -OCH3 is 1. The van der Waals surface area contributed by atoms with Gasteiger partial charge in [-0.2, -0.15) is 0 Å². The standard InChI is InChI=1S/C17H20N2O3S/c1-4-11-18-14-6-8-15(9-7-14)19-23(20,21)17-12-13(2)5-10-16(17)22-3/h4-10,12,18-19H,1,11H2,2-3H3. The summed E-state index contributed by atoms with van der Waals surface area (Å²) in [4.78, 5) is 0.119. The predicted molar refractivity (Wildman–Crippen MR) is 93.7 cm³/mol. The zero-order valence-corrected chi connectivity index (χ0v) is 14.0. The van der Waals surface area contributed by atoms with Crippen LogP contribution in [-0.4, -0.2) is 22.1 Å². The number of nitrogens with one attached hydrogen (secondary N) is 2. The Hall–Kier alpha value is -2.47. The number of hydrogen-bond donors (Lipinski definition) is 2. The number of hydrogen-bond acceptors (Lipinski definition) is 4. The van der Waals surface area contributed by atoms with Gasteiger partial charge in [0.05, 0.1) is 7.11 Å². The molecule has 6 heteroatoms. The van der Waals surface area contributed by atoms with Crippen molar-refractivity contribution in [2.24, 2.45) is 0 Å². The molecular weight excluding hydrogens is 312 g/mol. The summed E-state index contributed by atoms with van der Waals surface area (Å²) in [6.45, 7) is 6.11. The van der Waals surface area contributed by atoms with Crippen LogP contribution < -0.4 is 14.8 Å². The molecule has 0 aliphatic rings. The van der Waals surface area contributed by atoms with E-state index in [4.69, 9.17) is 4.74 Å². The average Bonchev–Trinajstić information content (AvgIpc) is 2.54. The fraction of sp³-hybridized carbons (Fsp3) is 0.176. The number of benzene rings is 2. The fourth-order valence-electron chi connectivity index (χ4n) is 2.05. The summed E-state index contributed by atoms with van der Waals surface area (Å²) in [6.07, 6.45) is 1.75. The second-order valence-corrected chi connectivity index (χ2v) is 6.66. The highest BCUT2D eigenvalue weighted by atomic mass is 32.2. The molecule has 0 unspecified atom stereocenters. The summed E-state index contributed by atoms with van der Waals surface area (Å²) < 4.78 is 32.9. The smallest absolute Gasteiger partial charge is 0.265 e. The Bertz CT molecular complexity index is 784. The summed E-state index contributed by atoms with van der Waals surface area (Å²) in [5.74, 6) is 0.312. The molecule has 2 aromatic carbocycles. The van der Waals surface area contributed by atoms with Crippen molar-refractivity contribution in [2.45, 2.75) is 11.8 Å². The number of sulfonamides is 1. The predicted octanol–water partition coefficient (Wildman–Crippen LogP) is 3.40. The molecule has 0 bridgehead atoms. The molecule has 0 amide bonds. The van der Waals surface area contributed by atoms with E-state index in [0.29, 0.717) is 18.0 Å².